The first-order valence-corrected chi connectivity index (χ1v) is 7.47. The third kappa shape index (κ3) is 3.47. The number of rotatable bonds is 4. The van der Waals surface area contributed by atoms with Crippen LogP contribution in [0.25, 0.3) is 0 Å². The molecule has 112 valence electrons. The minimum atomic E-state index is -4.36. The lowest BCUT2D eigenvalue weighted by atomic mass is 10.1. The van der Waals surface area contributed by atoms with E-state index in [4.69, 9.17) is 5.11 Å². The van der Waals surface area contributed by atoms with Crippen LogP contribution in [0, 0.1) is 0 Å². The number of benzene rings is 1. The third-order valence-corrected chi connectivity index (χ3v) is 4.14. The summed E-state index contributed by atoms with van der Waals surface area (Å²) in [6.07, 6.45) is -1.23. The van der Waals surface area contributed by atoms with Crippen LogP contribution >= 0.6 is 15.9 Å². The van der Waals surface area contributed by atoms with Crippen LogP contribution in [-0.4, -0.2) is 24.3 Å². The lowest BCUT2D eigenvalue weighted by Gasteiger charge is -2.29. The highest BCUT2D eigenvalue weighted by Gasteiger charge is 2.37. The first kappa shape index (κ1) is 15.6. The summed E-state index contributed by atoms with van der Waals surface area (Å²) in [6.45, 7) is 0.720. The van der Waals surface area contributed by atoms with E-state index in [1.165, 1.54) is 6.07 Å². The number of alkyl halides is 3. The molecule has 1 unspecified atom stereocenters. The molecule has 1 saturated heterocycles. The molecule has 0 amide bonds. The topological polar surface area (TPSA) is 23.5 Å². The van der Waals surface area contributed by atoms with Gasteiger partial charge in [-0.25, -0.2) is 0 Å². The van der Waals surface area contributed by atoms with Crippen LogP contribution < -0.4 is 4.90 Å². The molecule has 1 aromatic carbocycles. The van der Waals surface area contributed by atoms with Gasteiger partial charge in [0.05, 0.1) is 5.56 Å². The van der Waals surface area contributed by atoms with Crippen molar-refractivity contribution in [1.82, 2.24) is 0 Å². The summed E-state index contributed by atoms with van der Waals surface area (Å²) < 4.78 is 40.0. The highest BCUT2D eigenvalue weighted by atomic mass is 79.9. The molecule has 1 aliphatic heterocycles. The zero-order chi connectivity index (χ0) is 14.8. The molecule has 1 heterocycles. The molecule has 1 atom stereocenters. The van der Waals surface area contributed by atoms with Gasteiger partial charge in [0.2, 0.25) is 0 Å². The minimum Gasteiger partial charge on any atom is -0.396 e. The maximum absolute atomic E-state index is 13.2. The van der Waals surface area contributed by atoms with Gasteiger partial charge < -0.3 is 10.0 Å². The molecule has 1 aromatic rings. The Hall–Kier alpha value is -0.750. The Morgan fingerprint density at radius 3 is 2.75 bits per heavy atom. The SMILES string of the molecule is OCCCC1CCCN1c1ccc(Br)cc1C(F)(F)F. The van der Waals surface area contributed by atoms with Crippen molar-refractivity contribution in [3.63, 3.8) is 0 Å². The van der Waals surface area contributed by atoms with Crippen LogP contribution in [0.15, 0.2) is 22.7 Å². The van der Waals surface area contributed by atoms with Gasteiger partial charge in [-0.05, 0) is 43.9 Å². The molecule has 0 aromatic heterocycles. The fourth-order valence-electron chi connectivity index (χ4n) is 2.77. The first-order valence-electron chi connectivity index (χ1n) is 6.67. The number of aliphatic hydroxyl groups excluding tert-OH is 1. The number of halogens is 4. The fourth-order valence-corrected chi connectivity index (χ4v) is 3.13. The fraction of sp³-hybridized carbons (Fsp3) is 0.571. The summed E-state index contributed by atoms with van der Waals surface area (Å²) >= 11 is 3.10. The Kier molecular flexibility index (Phi) is 4.96. The maximum Gasteiger partial charge on any atom is 0.418 e. The van der Waals surface area contributed by atoms with Crippen LogP contribution in [0.2, 0.25) is 0 Å². The van der Waals surface area contributed by atoms with E-state index >= 15 is 0 Å². The van der Waals surface area contributed by atoms with E-state index in [2.05, 4.69) is 15.9 Å². The van der Waals surface area contributed by atoms with Crippen molar-refractivity contribution < 1.29 is 18.3 Å². The van der Waals surface area contributed by atoms with Gasteiger partial charge in [-0.2, -0.15) is 13.2 Å². The molecule has 2 rings (SSSR count). The third-order valence-electron chi connectivity index (χ3n) is 3.65. The molecule has 1 N–H and O–H groups in total. The molecule has 20 heavy (non-hydrogen) atoms. The predicted molar refractivity (Wildman–Crippen MR) is 75.8 cm³/mol. The van der Waals surface area contributed by atoms with Gasteiger partial charge in [0.25, 0.3) is 0 Å². The van der Waals surface area contributed by atoms with Crippen LogP contribution in [-0.2, 0) is 6.18 Å². The first-order chi connectivity index (χ1) is 9.43. The van der Waals surface area contributed by atoms with Gasteiger partial charge in [0, 0.05) is 29.4 Å². The Morgan fingerprint density at radius 1 is 1.35 bits per heavy atom. The summed E-state index contributed by atoms with van der Waals surface area (Å²) in [5.41, 5.74) is -0.344. The van der Waals surface area contributed by atoms with E-state index in [0.717, 1.165) is 25.3 Å². The number of hydrogen-bond acceptors (Lipinski definition) is 2. The molecular weight excluding hydrogens is 335 g/mol. The van der Waals surface area contributed by atoms with Crippen molar-refractivity contribution in [1.29, 1.82) is 0 Å². The van der Waals surface area contributed by atoms with Crippen LogP contribution in [0.3, 0.4) is 0 Å². The second-order valence-electron chi connectivity index (χ2n) is 5.01. The normalized spacial score (nSPS) is 19.6. The Labute approximate surface area is 124 Å². The number of nitrogens with zero attached hydrogens (tertiary/aromatic N) is 1. The lowest BCUT2D eigenvalue weighted by Crippen LogP contribution is -2.31. The van der Waals surface area contributed by atoms with E-state index in [1.54, 1.807) is 6.07 Å². The van der Waals surface area contributed by atoms with E-state index < -0.39 is 11.7 Å². The van der Waals surface area contributed by atoms with Gasteiger partial charge >= 0.3 is 6.18 Å². The molecule has 0 saturated carbocycles. The van der Waals surface area contributed by atoms with Gasteiger partial charge in [-0.1, -0.05) is 15.9 Å². The summed E-state index contributed by atoms with van der Waals surface area (Å²) in [5.74, 6) is 0. The number of anilines is 1. The minimum absolute atomic E-state index is 0.0802. The average Bonchev–Trinajstić information content (AvgIpc) is 2.83. The second kappa shape index (κ2) is 6.35. The average molecular weight is 352 g/mol. The molecule has 6 heteroatoms. The van der Waals surface area contributed by atoms with Gasteiger partial charge in [0.15, 0.2) is 0 Å². The molecule has 0 radical (unpaired) electrons. The van der Waals surface area contributed by atoms with Crippen LogP contribution in [0.5, 0.6) is 0 Å². The zero-order valence-corrected chi connectivity index (χ0v) is 12.5. The van der Waals surface area contributed by atoms with Crippen LogP contribution in [0.1, 0.15) is 31.2 Å². The van der Waals surface area contributed by atoms with E-state index in [1.807, 2.05) is 4.90 Å². The zero-order valence-electron chi connectivity index (χ0n) is 11.0. The number of aliphatic hydroxyl groups is 1. The Bertz CT molecular complexity index is 464. The largest absolute Gasteiger partial charge is 0.418 e. The van der Waals surface area contributed by atoms with Crippen LogP contribution in [0.4, 0.5) is 18.9 Å². The van der Waals surface area contributed by atoms with Crippen molar-refractivity contribution in [3.05, 3.63) is 28.2 Å². The van der Waals surface area contributed by atoms with E-state index in [-0.39, 0.29) is 18.3 Å². The maximum atomic E-state index is 13.2. The smallest absolute Gasteiger partial charge is 0.396 e. The van der Waals surface area contributed by atoms with Crippen molar-refractivity contribution in [2.45, 2.75) is 37.9 Å². The highest BCUT2D eigenvalue weighted by molar-refractivity contribution is 9.10. The van der Waals surface area contributed by atoms with Crippen molar-refractivity contribution in [3.8, 4) is 0 Å². The quantitative estimate of drug-likeness (QED) is 0.878. The van der Waals surface area contributed by atoms with Gasteiger partial charge in [-0.15, -0.1) is 0 Å². The lowest BCUT2D eigenvalue weighted by molar-refractivity contribution is -0.137. The Morgan fingerprint density at radius 2 is 2.10 bits per heavy atom. The van der Waals surface area contributed by atoms with Gasteiger partial charge in [0.1, 0.15) is 0 Å². The molecule has 1 fully saturated rings. The molecule has 1 aliphatic rings. The van der Waals surface area contributed by atoms with Crippen molar-refractivity contribution in [2.75, 3.05) is 18.1 Å². The molecular formula is C14H17BrF3NO. The highest BCUT2D eigenvalue weighted by Crippen LogP contribution is 2.41. The summed E-state index contributed by atoms with van der Waals surface area (Å²) in [5, 5.41) is 8.90. The molecule has 0 aliphatic carbocycles. The van der Waals surface area contributed by atoms with E-state index in [0.29, 0.717) is 17.4 Å². The summed E-state index contributed by atoms with van der Waals surface area (Å²) in [7, 11) is 0. The standard InChI is InChI=1S/C14H17BrF3NO/c15-10-5-6-13(12(9-10)14(16,17)18)19-7-1-3-11(19)4-2-8-20/h5-6,9,11,20H,1-4,7-8H2. The van der Waals surface area contributed by atoms with Crippen molar-refractivity contribution in [2.24, 2.45) is 0 Å². The Balaban J connectivity index is 2.31. The van der Waals surface area contributed by atoms with Crippen molar-refractivity contribution >= 4 is 21.6 Å². The molecule has 0 bridgehead atoms. The number of hydrogen-bond donors (Lipinski definition) is 1. The molecule has 0 spiro atoms. The van der Waals surface area contributed by atoms with E-state index in [9.17, 15) is 13.2 Å². The monoisotopic (exact) mass is 351 g/mol. The summed E-state index contributed by atoms with van der Waals surface area (Å²) in [6, 6.07) is 4.40. The van der Waals surface area contributed by atoms with Gasteiger partial charge in [-0.3, -0.25) is 0 Å². The molecule has 2 nitrogen and oxygen atoms in total. The predicted octanol–water partition coefficient (Wildman–Crippen LogP) is 4.21. The summed E-state index contributed by atoms with van der Waals surface area (Å²) in [4.78, 5) is 1.84. The second-order valence-corrected chi connectivity index (χ2v) is 5.93.